The second kappa shape index (κ2) is 7.95. The molecule has 0 atom stereocenters. The Balaban J connectivity index is 1.44. The van der Waals surface area contributed by atoms with Crippen molar-refractivity contribution in [2.24, 2.45) is 0 Å². The Morgan fingerprint density at radius 1 is 1.17 bits per heavy atom. The molecule has 29 heavy (non-hydrogen) atoms. The number of aryl methyl sites for hydroxylation is 2. The number of amides is 1. The summed E-state index contributed by atoms with van der Waals surface area (Å²) in [5.74, 6) is 0.795. The Morgan fingerprint density at radius 2 is 1.97 bits per heavy atom. The molecule has 0 spiro atoms. The van der Waals surface area contributed by atoms with Crippen molar-refractivity contribution in [3.8, 4) is 0 Å². The van der Waals surface area contributed by atoms with Gasteiger partial charge in [0.25, 0.3) is 5.56 Å². The molecule has 0 radical (unpaired) electrons. The van der Waals surface area contributed by atoms with E-state index in [4.69, 9.17) is 4.42 Å². The van der Waals surface area contributed by atoms with Crippen LogP contribution in [0.4, 0.5) is 0 Å². The summed E-state index contributed by atoms with van der Waals surface area (Å²) in [6.45, 7) is 5.49. The van der Waals surface area contributed by atoms with Gasteiger partial charge in [-0.05, 0) is 25.8 Å². The fraction of sp³-hybridized carbons (Fsp3) is 0.318. The molecule has 0 saturated heterocycles. The number of rotatable bonds is 7. The molecular formula is C22H24N4O3. The fourth-order valence-electron chi connectivity index (χ4n) is 3.70. The average molecular weight is 392 g/mol. The van der Waals surface area contributed by atoms with Crippen molar-refractivity contribution < 1.29 is 9.21 Å². The third kappa shape index (κ3) is 3.68. The molecule has 0 aliphatic carbocycles. The first-order valence-electron chi connectivity index (χ1n) is 9.86. The van der Waals surface area contributed by atoms with E-state index in [0.717, 1.165) is 11.1 Å². The van der Waals surface area contributed by atoms with Crippen molar-refractivity contribution in [3.63, 3.8) is 0 Å². The molecule has 0 aliphatic heterocycles. The Bertz CT molecular complexity index is 1200. The van der Waals surface area contributed by atoms with E-state index < -0.39 is 0 Å². The van der Waals surface area contributed by atoms with Crippen molar-refractivity contribution in [1.82, 2.24) is 19.1 Å². The topological polar surface area (TPSA) is 72.8 Å². The first kappa shape index (κ1) is 19.0. The monoisotopic (exact) mass is 392 g/mol. The lowest BCUT2D eigenvalue weighted by molar-refractivity contribution is -0.131. The first-order chi connectivity index (χ1) is 14.1. The van der Waals surface area contributed by atoms with Crippen LogP contribution in [-0.2, 0) is 17.9 Å². The highest BCUT2D eigenvalue weighted by Crippen LogP contribution is 2.20. The number of furan rings is 1. The minimum atomic E-state index is -0.175. The van der Waals surface area contributed by atoms with Crippen LogP contribution in [0.5, 0.6) is 0 Å². The third-order valence-electron chi connectivity index (χ3n) is 5.18. The molecule has 0 unspecified atom stereocenters. The summed E-state index contributed by atoms with van der Waals surface area (Å²) >= 11 is 0. The van der Waals surface area contributed by atoms with Crippen LogP contribution >= 0.6 is 0 Å². The zero-order valence-corrected chi connectivity index (χ0v) is 16.7. The summed E-state index contributed by atoms with van der Waals surface area (Å²) in [6, 6.07) is 13.5. The summed E-state index contributed by atoms with van der Waals surface area (Å²) in [4.78, 5) is 27.2. The third-order valence-corrected chi connectivity index (χ3v) is 5.18. The number of hydrogen-bond donors (Lipinski definition) is 0. The second-order valence-corrected chi connectivity index (χ2v) is 7.11. The van der Waals surface area contributed by atoms with Crippen LogP contribution in [0.2, 0.25) is 0 Å². The normalized spacial score (nSPS) is 11.4. The van der Waals surface area contributed by atoms with E-state index in [1.165, 1.54) is 4.68 Å². The summed E-state index contributed by atoms with van der Waals surface area (Å²) in [7, 11) is 0. The highest BCUT2D eigenvalue weighted by molar-refractivity contribution is 5.82. The quantitative estimate of drug-likeness (QED) is 0.483. The smallest absolute Gasteiger partial charge is 0.291 e. The lowest BCUT2D eigenvalue weighted by Gasteiger charge is -2.21. The highest BCUT2D eigenvalue weighted by atomic mass is 16.3. The number of hydrogen-bond acceptors (Lipinski definition) is 4. The van der Waals surface area contributed by atoms with Gasteiger partial charge in [0.2, 0.25) is 5.91 Å². The van der Waals surface area contributed by atoms with Crippen molar-refractivity contribution >= 4 is 22.5 Å². The number of carbonyl (C=O) groups is 1. The predicted molar refractivity (Wildman–Crippen MR) is 111 cm³/mol. The van der Waals surface area contributed by atoms with Crippen molar-refractivity contribution in [3.05, 3.63) is 70.5 Å². The molecule has 0 fully saturated rings. The maximum Gasteiger partial charge on any atom is 0.291 e. The van der Waals surface area contributed by atoms with Gasteiger partial charge in [0, 0.05) is 38.2 Å². The summed E-state index contributed by atoms with van der Waals surface area (Å²) in [5.41, 5.74) is 2.98. The van der Waals surface area contributed by atoms with Crippen molar-refractivity contribution in [1.29, 1.82) is 0 Å². The molecule has 150 valence electrons. The van der Waals surface area contributed by atoms with Gasteiger partial charge in [0.15, 0.2) is 5.58 Å². The molecule has 0 bridgehead atoms. The van der Waals surface area contributed by atoms with Gasteiger partial charge >= 0.3 is 0 Å². The molecular weight excluding hydrogens is 368 g/mol. The minimum absolute atomic E-state index is 0.0856. The average Bonchev–Trinajstić information content (AvgIpc) is 3.32. The number of aromatic nitrogens is 3. The van der Waals surface area contributed by atoms with Gasteiger partial charge in [-0.25, -0.2) is 4.68 Å². The van der Waals surface area contributed by atoms with E-state index in [0.29, 0.717) is 49.4 Å². The zero-order chi connectivity index (χ0) is 20.4. The van der Waals surface area contributed by atoms with Crippen LogP contribution in [0, 0.1) is 6.92 Å². The molecule has 3 aromatic heterocycles. The van der Waals surface area contributed by atoms with E-state index in [1.54, 1.807) is 12.3 Å². The molecule has 1 amide bonds. The van der Waals surface area contributed by atoms with Crippen LogP contribution in [0.1, 0.15) is 31.2 Å². The lowest BCUT2D eigenvalue weighted by Crippen LogP contribution is -2.31. The molecule has 4 aromatic rings. The number of nitrogens with zero attached hydrogens (tertiary/aromatic N) is 4. The van der Waals surface area contributed by atoms with Gasteiger partial charge in [-0.2, -0.15) is 5.10 Å². The Labute approximate surface area is 168 Å². The standard InChI is InChI=1S/C22H24N4O3/c1-3-24(15-17-8-5-4-6-9-17)21(27)10-7-12-25-22(28)19-14-20-18(11-13-29-20)26(19)16(2)23-25/h4-6,8-9,11,13-14H,3,7,10,12,15H2,1-2H3. The molecule has 0 saturated carbocycles. The van der Waals surface area contributed by atoms with Crippen molar-refractivity contribution in [2.75, 3.05) is 6.54 Å². The molecule has 4 rings (SSSR count). The number of benzene rings is 1. The molecule has 7 heteroatoms. The van der Waals surface area contributed by atoms with Crippen LogP contribution in [0.25, 0.3) is 16.6 Å². The van der Waals surface area contributed by atoms with Gasteiger partial charge in [-0.3, -0.25) is 14.0 Å². The van der Waals surface area contributed by atoms with Crippen molar-refractivity contribution in [2.45, 2.75) is 39.8 Å². The first-order valence-corrected chi connectivity index (χ1v) is 9.86. The Hall–Kier alpha value is -3.35. The number of fused-ring (bicyclic) bond motifs is 3. The SMILES string of the molecule is CCN(Cc1ccccc1)C(=O)CCCn1nc(C)n2c(cc3occc32)c1=O. The maximum atomic E-state index is 12.8. The second-order valence-electron chi connectivity index (χ2n) is 7.11. The maximum absolute atomic E-state index is 12.8. The van der Waals surface area contributed by atoms with E-state index in [-0.39, 0.29) is 11.5 Å². The van der Waals surface area contributed by atoms with Crippen LogP contribution in [0.15, 0.2) is 57.9 Å². The molecule has 0 aliphatic rings. The van der Waals surface area contributed by atoms with Gasteiger partial charge < -0.3 is 9.32 Å². The van der Waals surface area contributed by atoms with Gasteiger partial charge in [-0.1, -0.05) is 30.3 Å². The lowest BCUT2D eigenvalue weighted by atomic mass is 10.2. The van der Waals surface area contributed by atoms with Crippen LogP contribution in [0.3, 0.4) is 0 Å². The van der Waals surface area contributed by atoms with E-state index >= 15 is 0 Å². The molecule has 1 aromatic carbocycles. The van der Waals surface area contributed by atoms with E-state index in [1.807, 2.05) is 59.5 Å². The largest absolute Gasteiger partial charge is 0.463 e. The highest BCUT2D eigenvalue weighted by Gasteiger charge is 2.15. The minimum Gasteiger partial charge on any atom is -0.463 e. The fourth-order valence-corrected chi connectivity index (χ4v) is 3.70. The molecule has 7 nitrogen and oxygen atoms in total. The molecule has 0 N–H and O–H groups in total. The van der Waals surface area contributed by atoms with Crippen LogP contribution in [-0.4, -0.2) is 31.5 Å². The summed E-state index contributed by atoms with van der Waals surface area (Å²) in [6.07, 6.45) is 2.54. The van der Waals surface area contributed by atoms with Gasteiger partial charge in [-0.15, -0.1) is 0 Å². The summed E-state index contributed by atoms with van der Waals surface area (Å²) < 4.78 is 8.66. The van der Waals surface area contributed by atoms with Crippen LogP contribution < -0.4 is 5.56 Å². The molecule has 3 heterocycles. The summed E-state index contributed by atoms with van der Waals surface area (Å²) in [5, 5.41) is 4.43. The zero-order valence-electron chi connectivity index (χ0n) is 16.7. The van der Waals surface area contributed by atoms with E-state index in [2.05, 4.69) is 5.10 Å². The Morgan fingerprint density at radius 3 is 2.72 bits per heavy atom. The Kier molecular flexibility index (Phi) is 5.20. The van der Waals surface area contributed by atoms with Gasteiger partial charge in [0.05, 0.1) is 11.8 Å². The van der Waals surface area contributed by atoms with Gasteiger partial charge in [0.1, 0.15) is 11.3 Å². The van der Waals surface area contributed by atoms with E-state index in [9.17, 15) is 9.59 Å². The predicted octanol–water partition coefficient (Wildman–Crippen LogP) is 3.38. The number of carbonyl (C=O) groups excluding carboxylic acids is 1.